The molecule has 1 aliphatic heterocycles. The van der Waals surface area contributed by atoms with Crippen LogP contribution in [-0.4, -0.2) is 50.1 Å². The predicted molar refractivity (Wildman–Crippen MR) is 118 cm³/mol. The van der Waals surface area contributed by atoms with E-state index >= 15 is 0 Å². The number of pyridine rings is 1. The summed E-state index contributed by atoms with van der Waals surface area (Å²) in [7, 11) is 0. The van der Waals surface area contributed by atoms with Gasteiger partial charge in [0.2, 0.25) is 5.95 Å². The highest BCUT2D eigenvalue weighted by atomic mass is 16.4. The lowest BCUT2D eigenvalue weighted by Gasteiger charge is -2.22. The third-order valence-electron chi connectivity index (χ3n) is 6.02. The zero-order valence-electron chi connectivity index (χ0n) is 17.6. The Morgan fingerprint density at radius 2 is 1.81 bits per heavy atom. The minimum atomic E-state index is -0.908. The van der Waals surface area contributed by atoms with Crippen LogP contribution in [0.25, 0.3) is 16.7 Å². The first-order chi connectivity index (χ1) is 15.4. The van der Waals surface area contributed by atoms with Crippen LogP contribution in [0.4, 0.5) is 5.95 Å². The molecular weight excluding hydrogens is 410 g/mol. The summed E-state index contributed by atoms with van der Waals surface area (Å²) < 4.78 is 1.47. The molecule has 1 aliphatic carbocycles. The average molecular weight is 433 g/mol. The number of fused-ring (bicyclic) bond motifs is 1. The molecule has 5 rings (SSSR count). The van der Waals surface area contributed by atoms with E-state index in [1.54, 1.807) is 35.2 Å². The number of rotatable bonds is 5. The van der Waals surface area contributed by atoms with Gasteiger partial charge in [-0.15, -0.1) is 0 Å². The molecule has 0 bridgehead atoms. The van der Waals surface area contributed by atoms with Crippen LogP contribution in [0.1, 0.15) is 41.7 Å². The van der Waals surface area contributed by atoms with E-state index in [4.69, 9.17) is 0 Å². The Kier molecular flexibility index (Phi) is 4.88. The number of carbonyl (C=O) groups is 2. The molecule has 1 aromatic carbocycles. The number of anilines is 1. The molecular formula is C23H23N5O4. The molecule has 32 heavy (non-hydrogen) atoms. The van der Waals surface area contributed by atoms with E-state index < -0.39 is 12.0 Å². The lowest BCUT2D eigenvalue weighted by Crippen LogP contribution is -2.37. The molecule has 9 heteroatoms. The fourth-order valence-electron chi connectivity index (χ4n) is 4.15. The Bertz CT molecular complexity index is 1280. The third kappa shape index (κ3) is 3.59. The van der Waals surface area contributed by atoms with Gasteiger partial charge in [0.15, 0.2) is 5.65 Å². The summed E-state index contributed by atoms with van der Waals surface area (Å²) in [6.45, 7) is 2.36. The number of benzene rings is 1. The van der Waals surface area contributed by atoms with Gasteiger partial charge in [0.05, 0.1) is 11.4 Å². The van der Waals surface area contributed by atoms with Crippen molar-refractivity contribution >= 4 is 28.9 Å². The summed E-state index contributed by atoms with van der Waals surface area (Å²) >= 11 is 0. The Balaban J connectivity index is 1.59. The lowest BCUT2D eigenvalue weighted by molar-refractivity contribution is -0.138. The molecule has 1 saturated carbocycles. The van der Waals surface area contributed by atoms with Gasteiger partial charge in [-0.25, -0.2) is 9.78 Å². The minimum absolute atomic E-state index is 0.126. The van der Waals surface area contributed by atoms with Crippen molar-refractivity contribution < 1.29 is 14.7 Å². The van der Waals surface area contributed by atoms with Gasteiger partial charge >= 0.3 is 5.97 Å². The number of amides is 1. The summed E-state index contributed by atoms with van der Waals surface area (Å²) in [4.78, 5) is 47.6. The van der Waals surface area contributed by atoms with E-state index in [1.165, 1.54) is 10.6 Å². The number of nitrogens with zero attached hydrogens (tertiary/aromatic N) is 4. The van der Waals surface area contributed by atoms with Crippen LogP contribution in [0.5, 0.6) is 0 Å². The van der Waals surface area contributed by atoms with E-state index in [2.05, 4.69) is 15.3 Å². The standard InChI is InChI=1S/C23H23N5O4/c1-13-17-10-11-19(29)28(16-8-4-14(5-9-16)21(30)25-15-6-7-15)20(17)26-23(24-13)27-12-2-3-18(27)22(31)32/h4-5,8-11,15,18H,2-3,6-7,12H2,1H3,(H,25,30)(H,31,32)/t18-/m0/s1. The van der Waals surface area contributed by atoms with Gasteiger partial charge < -0.3 is 15.3 Å². The molecule has 1 amide bonds. The third-order valence-corrected chi connectivity index (χ3v) is 6.02. The molecule has 2 N–H and O–H groups in total. The highest BCUT2D eigenvalue weighted by Crippen LogP contribution is 2.26. The fraction of sp³-hybridized carbons (Fsp3) is 0.348. The molecule has 1 atom stereocenters. The second-order valence-electron chi connectivity index (χ2n) is 8.34. The molecule has 2 aromatic heterocycles. The van der Waals surface area contributed by atoms with Crippen molar-refractivity contribution in [3.05, 3.63) is 58.0 Å². The molecule has 3 heterocycles. The van der Waals surface area contributed by atoms with Crippen molar-refractivity contribution in [2.45, 2.75) is 44.7 Å². The summed E-state index contributed by atoms with van der Waals surface area (Å²) in [5.41, 5.74) is 1.90. The average Bonchev–Trinajstić information content (AvgIpc) is 3.44. The van der Waals surface area contributed by atoms with Crippen LogP contribution in [-0.2, 0) is 4.79 Å². The number of aryl methyl sites for hydroxylation is 1. The minimum Gasteiger partial charge on any atom is -0.480 e. The molecule has 0 spiro atoms. The number of aromatic nitrogens is 3. The largest absolute Gasteiger partial charge is 0.480 e. The number of carbonyl (C=O) groups excluding carboxylic acids is 1. The molecule has 2 fully saturated rings. The number of carboxylic acids is 1. The number of carboxylic acid groups (broad SMARTS) is 1. The molecule has 1 saturated heterocycles. The van der Waals surface area contributed by atoms with Crippen molar-refractivity contribution in [2.24, 2.45) is 0 Å². The normalized spacial score (nSPS) is 18.2. The molecule has 0 unspecified atom stereocenters. The first-order valence-corrected chi connectivity index (χ1v) is 10.7. The maximum Gasteiger partial charge on any atom is 0.326 e. The summed E-state index contributed by atoms with van der Waals surface area (Å²) in [6.07, 6.45) is 3.29. The van der Waals surface area contributed by atoms with Crippen molar-refractivity contribution in [3.63, 3.8) is 0 Å². The van der Waals surface area contributed by atoms with Gasteiger partial charge in [0.1, 0.15) is 6.04 Å². The van der Waals surface area contributed by atoms with Gasteiger partial charge in [-0.1, -0.05) is 0 Å². The highest BCUT2D eigenvalue weighted by Gasteiger charge is 2.33. The summed E-state index contributed by atoms with van der Waals surface area (Å²) in [5, 5.41) is 13.2. The molecule has 9 nitrogen and oxygen atoms in total. The molecule has 0 radical (unpaired) electrons. The van der Waals surface area contributed by atoms with Crippen LogP contribution in [0.2, 0.25) is 0 Å². The monoisotopic (exact) mass is 433 g/mol. The predicted octanol–water partition coefficient (Wildman–Crippen LogP) is 2.03. The first-order valence-electron chi connectivity index (χ1n) is 10.7. The highest BCUT2D eigenvalue weighted by molar-refractivity contribution is 5.94. The molecule has 2 aliphatic rings. The number of aliphatic carboxylic acids is 1. The van der Waals surface area contributed by atoms with Gasteiger partial charge in [-0.05, 0) is 62.9 Å². The van der Waals surface area contributed by atoms with E-state index in [-0.39, 0.29) is 17.5 Å². The van der Waals surface area contributed by atoms with Crippen molar-refractivity contribution in [1.82, 2.24) is 19.9 Å². The van der Waals surface area contributed by atoms with Crippen LogP contribution in [0.15, 0.2) is 41.2 Å². The van der Waals surface area contributed by atoms with E-state index in [0.717, 1.165) is 19.3 Å². The van der Waals surface area contributed by atoms with E-state index in [1.807, 2.05) is 6.92 Å². The summed E-state index contributed by atoms with van der Waals surface area (Å²) in [6, 6.07) is 9.54. The quantitative estimate of drug-likeness (QED) is 0.632. The van der Waals surface area contributed by atoms with Crippen LogP contribution in [0.3, 0.4) is 0 Å². The second-order valence-corrected chi connectivity index (χ2v) is 8.34. The zero-order chi connectivity index (χ0) is 22.4. The Morgan fingerprint density at radius 1 is 1.06 bits per heavy atom. The fourth-order valence-corrected chi connectivity index (χ4v) is 4.15. The van der Waals surface area contributed by atoms with Crippen molar-refractivity contribution in [2.75, 3.05) is 11.4 Å². The van der Waals surface area contributed by atoms with E-state index in [0.29, 0.717) is 46.9 Å². The Hall–Kier alpha value is -3.75. The topological polar surface area (TPSA) is 117 Å². The Morgan fingerprint density at radius 3 is 2.50 bits per heavy atom. The first kappa shape index (κ1) is 20.2. The zero-order valence-corrected chi connectivity index (χ0v) is 17.6. The van der Waals surface area contributed by atoms with Gasteiger partial charge in [-0.2, -0.15) is 4.98 Å². The number of nitrogens with one attached hydrogen (secondary N) is 1. The van der Waals surface area contributed by atoms with Gasteiger partial charge in [0, 0.05) is 29.6 Å². The number of hydrogen-bond donors (Lipinski definition) is 2. The summed E-state index contributed by atoms with van der Waals surface area (Å²) in [5.74, 6) is -0.729. The maximum atomic E-state index is 12.8. The smallest absolute Gasteiger partial charge is 0.326 e. The van der Waals surface area contributed by atoms with Crippen molar-refractivity contribution in [1.29, 1.82) is 0 Å². The lowest BCUT2D eigenvalue weighted by atomic mass is 10.1. The van der Waals surface area contributed by atoms with Gasteiger partial charge in [-0.3, -0.25) is 14.2 Å². The van der Waals surface area contributed by atoms with Crippen LogP contribution < -0.4 is 15.8 Å². The Labute approximate surface area is 183 Å². The van der Waals surface area contributed by atoms with E-state index in [9.17, 15) is 19.5 Å². The molecule has 3 aromatic rings. The maximum absolute atomic E-state index is 12.8. The van der Waals surface area contributed by atoms with Crippen LogP contribution in [0, 0.1) is 6.92 Å². The second kappa shape index (κ2) is 7.74. The van der Waals surface area contributed by atoms with Gasteiger partial charge in [0.25, 0.3) is 11.5 Å². The van der Waals surface area contributed by atoms with Crippen molar-refractivity contribution in [3.8, 4) is 5.69 Å². The van der Waals surface area contributed by atoms with Crippen LogP contribution >= 0.6 is 0 Å². The molecule has 164 valence electrons. The number of hydrogen-bond acceptors (Lipinski definition) is 6. The SMILES string of the molecule is Cc1nc(N2CCC[C@H]2C(=O)O)nc2c1ccc(=O)n2-c1ccc(C(=O)NC2CC2)cc1.